The van der Waals surface area contributed by atoms with Crippen molar-refractivity contribution in [2.24, 2.45) is 23.3 Å². The Morgan fingerprint density at radius 2 is 1.91 bits per heavy atom. The molecule has 4 N–H and O–H groups in total. The third-order valence-corrected chi connectivity index (χ3v) is 4.64. The van der Waals surface area contributed by atoms with Gasteiger partial charge in [0.15, 0.2) is 0 Å². The summed E-state index contributed by atoms with van der Waals surface area (Å²) in [6.07, 6.45) is 2.84. The van der Waals surface area contributed by atoms with Crippen molar-refractivity contribution in [3.05, 3.63) is 35.9 Å². The number of amides is 2. The fourth-order valence-corrected chi connectivity index (χ4v) is 3.34. The quantitative estimate of drug-likeness (QED) is 0.828. The summed E-state index contributed by atoms with van der Waals surface area (Å²) in [5.74, 6) is -0.358. The summed E-state index contributed by atoms with van der Waals surface area (Å²) >= 11 is 0. The Kier molecular flexibility index (Phi) is 7.52. The molecule has 3 atom stereocenters. The highest BCUT2D eigenvalue weighted by molar-refractivity contribution is 5.86. The summed E-state index contributed by atoms with van der Waals surface area (Å²) < 4.78 is 0. The molecule has 6 heteroatoms. The van der Waals surface area contributed by atoms with Gasteiger partial charge in [-0.15, -0.1) is 12.4 Å². The van der Waals surface area contributed by atoms with E-state index in [1.165, 1.54) is 0 Å². The maximum Gasteiger partial charge on any atom is 0.237 e. The van der Waals surface area contributed by atoms with Crippen molar-refractivity contribution in [1.82, 2.24) is 4.90 Å². The second kappa shape index (κ2) is 8.89. The zero-order chi connectivity index (χ0) is 16.1. The van der Waals surface area contributed by atoms with E-state index in [1.807, 2.05) is 37.3 Å². The molecule has 2 amide bonds. The van der Waals surface area contributed by atoms with Gasteiger partial charge in [0.2, 0.25) is 11.8 Å². The van der Waals surface area contributed by atoms with Gasteiger partial charge in [-0.3, -0.25) is 9.59 Å². The third-order valence-electron chi connectivity index (χ3n) is 4.64. The second-order valence-corrected chi connectivity index (χ2v) is 6.05. The first-order valence-electron chi connectivity index (χ1n) is 7.88. The van der Waals surface area contributed by atoms with Gasteiger partial charge in [0.05, 0.1) is 12.6 Å². The van der Waals surface area contributed by atoms with E-state index in [4.69, 9.17) is 11.5 Å². The molecular formula is C17H26ClN3O2. The maximum atomic E-state index is 12.9. The Balaban J connectivity index is 0.00000264. The van der Waals surface area contributed by atoms with Crippen LogP contribution in [0.1, 0.15) is 37.8 Å². The lowest BCUT2D eigenvalue weighted by Gasteiger charge is -2.32. The Bertz CT molecular complexity index is 524. The fraction of sp³-hybridized carbons (Fsp3) is 0.529. The minimum absolute atomic E-state index is 0. The number of halogens is 1. The van der Waals surface area contributed by atoms with Crippen molar-refractivity contribution < 1.29 is 9.59 Å². The molecule has 0 aromatic heterocycles. The average molecular weight is 340 g/mol. The van der Waals surface area contributed by atoms with Crippen LogP contribution in [0.2, 0.25) is 0 Å². The molecule has 0 spiro atoms. The SMILES string of the molecule is C[C@H](c1ccccc1)N(CC(N)=O)C(=O)[C@@H]1CCC[C@@H]1CN.Cl. The number of nitrogens with zero attached hydrogens (tertiary/aromatic N) is 1. The fourth-order valence-electron chi connectivity index (χ4n) is 3.34. The van der Waals surface area contributed by atoms with Crippen LogP contribution < -0.4 is 11.5 Å². The number of carbonyl (C=O) groups is 2. The monoisotopic (exact) mass is 339 g/mol. The smallest absolute Gasteiger partial charge is 0.237 e. The van der Waals surface area contributed by atoms with Crippen LogP contribution >= 0.6 is 12.4 Å². The van der Waals surface area contributed by atoms with Crippen molar-refractivity contribution in [3.8, 4) is 0 Å². The highest BCUT2D eigenvalue weighted by atomic mass is 35.5. The molecule has 5 nitrogen and oxygen atoms in total. The first kappa shape index (κ1) is 19.5. The van der Waals surface area contributed by atoms with Gasteiger partial charge in [0.1, 0.15) is 0 Å². The van der Waals surface area contributed by atoms with Crippen molar-refractivity contribution in [2.45, 2.75) is 32.2 Å². The Hall–Kier alpha value is -1.59. The lowest BCUT2D eigenvalue weighted by molar-refractivity contribution is -0.142. The lowest BCUT2D eigenvalue weighted by atomic mass is 9.93. The summed E-state index contributed by atoms with van der Waals surface area (Å²) in [5.41, 5.74) is 12.1. The van der Waals surface area contributed by atoms with Crippen LogP contribution in [0.25, 0.3) is 0 Å². The summed E-state index contributed by atoms with van der Waals surface area (Å²) in [4.78, 5) is 26.0. The summed E-state index contributed by atoms with van der Waals surface area (Å²) in [5, 5.41) is 0. The molecule has 0 saturated heterocycles. The molecule has 2 rings (SSSR count). The summed E-state index contributed by atoms with van der Waals surface area (Å²) in [6, 6.07) is 9.52. The van der Waals surface area contributed by atoms with Gasteiger partial charge in [0.25, 0.3) is 0 Å². The molecule has 1 aliphatic carbocycles. The van der Waals surface area contributed by atoms with E-state index in [9.17, 15) is 9.59 Å². The van der Waals surface area contributed by atoms with Crippen LogP contribution in [-0.2, 0) is 9.59 Å². The van der Waals surface area contributed by atoms with Crippen LogP contribution in [0.3, 0.4) is 0 Å². The van der Waals surface area contributed by atoms with E-state index in [0.29, 0.717) is 6.54 Å². The molecule has 1 fully saturated rings. The Labute approximate surface area is 143 Å². The van der Waals surface area contributed by atoms with E-state index in [1.54, 1.807) is 4.90 Å². The molecule has 1 saturated carbocycles. The van der Waals surface area contributed by atoms with Crippen LogP contribution in [0.5, 0.6) is 0 Å². The molecule has 0 heterocycles. The lowest BCUT2D eigenvalue weighted by Crippen LogP contribution is -2.44. The van der Waals surface area contributed by atoms with Crippen LogP contribution in [0, 0.1) is 11.8 Å². The predicted molar refractivity (Wildman–Crippen MR) is 92.9 cm³/mol. The molecule has 23 heavy (non-hydrogen) atoms. The first-order valence-corrected chi connectivity index (χ1v) is 7.88. The molecule has 0 aliphatic heterocycles. The van der Waals surface area contributed by atoms with Gasteiger partial charge in [-0.1, -0.05) is 36.8 Å². The van der Waals surface area contributed by atoms with E-state index in [-0.39, 0.29) is 42.7 Å². The Morgan fingerprint density at radius 3 is 2.48 bits per heavy atom. The molecular weight excluding hydrogens is 314 g/mol. The van der Waals surface area contributed by atoms with E-state index < -0.39 is 5.91 Å². The van der Waals surface area contributed by atoms with Gasteiger partial charge in [-0.05, 0) is 37.8 Å². The molecule has 1 aromatic rings. The van der Waals surface area contributed by atoms with Crippen molar-refractivity contribution in [1.29, 1.82) is 0 Å². The maximum absolute atomic E-state index is 12.9. The van der Waals surface area contributed by atoms with Gasteiger partial charge < -0.3 is 16.4 Å². The number of primary amides is 1. The number of hydrogen-bond donors (Lipinski definition) is 2. The van der Waals surface area contributed by atoms with Crippen LogP contribution in [0.4, 0.5) is 0 Å². The molecule has 1 aromatic carbocycles. The number of nitrogens with two attached hydrogens (primary N) is 2. The van der Waals surface area contributed by atoms with Crippen LogP contribution in [0.15, 0.2) is 30.3 Å². The molecule has 0 unspecified atom stereocenters. The van der Waals surface area contributed by atoms with Gasteiger partial charge in [-0.2, -0.15) is 0 Å². The van der Waals surface area contributed by atoms with Crippen molar-refractivity contribution in [2.75, 3.05) is 13.1 Å². The van der Waals surface area contributed by atoms with E-state index in [0.717, 1.165) is 24.8 Å². The third kappa shape index (κ3) is 4.69. The summed E-state index contributed by atoms with van der Waals surface area (Å²) in [7, 11) is 0. The number of hydrogen-bond acceptors (Lipinski definition) is 3. The Morgan fingerprint density at radius 1 is 1.26 bits per heavy atom. The second-order valence-electron chi connectivity index (χ2n) is 6.05. The normalized spacial score (nSPS) is 21.3. The molecule has 0 radical (unpaired) electrons. The highest BCUT2D eigenvalue weighted by Crippen LogP contribution is 2.34. The number of rotatable bonds is 6. The van der Waals surface area contributed by atoms with Gasteiger partial charge in [0, 0.05) is 5.92 Å². The van der Waals surface area contributed by atoms with E-state index in [2.05, 4.69) is 0 Å². The zero-order valence-corrected chi connectivity index (χ0v) is 14.3. The van der Waals surface area contributed by atoms with E-state index >= 15 is 0 Å². The minimum atomic E-state index is -0.488. The summed E-state index contributed by atoms with van der Waals surface area (Å²) in [6.45, 7) is 2.39. The standard InChI is InChI=1S/C17H25N3O2.ClH/c1-12(13-6-3-2-4-7-13)20(11-16(19)21)17(22)15-9-5-8-14(15)10-18;/h2-4,6-7,12,14-15H,5,8-11,18H2,1H3,(H2,19,21);1H/t12-,14-,15-;/m1./s1. The highest BCUT2D eigenvalue weighted by Gasteiger charge is 2.36. The minimum Gasteiger partial charge on any atom is -0.368 e. The molecule has 1 aliphatic rings. The van der Waals surface area contributed by atoms with Crippen LogP contribution in [-0.4, -0.2) is 29.8 Å². The topological polar surface area (TPSA) is 89.4 Å². The number of benzene rings is 1. The van der Waals surface area contributed by atoms with Crippen molar-refractivity contribution in [3.63, 3.8) is 0 Å². The van der Waals surface area contributed by atoms with Crippen molar-refractivity contribution >= 4 is 24.2 Å². The number of carbonyl (C=O) groups excluding carboxylic acids is 2. The van der Waals surface area contributed by atoms with Gasteiger partial charge in [-0.25, -0.2) is 0 Å². The first-order chi connectivity index (χ1) is 10.5. The van der Waals surface area contributed by atoms with Gasteiger partial charge >= 0.3 is 0 Å². The average Bonchev–Trinajstić information content (AvgIpc) is 3.00. The largest absolute Gasteiger partial charge is 0.368 e. The molecule has 128 valence electrons. The zero-order valence-electron chi connectivity index (χ0n) is 13.5. The molecule has 0 bridgehead atoms. The predicted octanol–water partition coefficient (Wildman–Crippen LogP) is 1.86.